The Hall–Kier alpha value is -4.06. The van der Waals surface area contributed by atoms with Gasteiger partial charge in [-0.1, -0.05) is 35.3 Å². The zero-order valence-corrected chi connectivity index (χ0v) is 18.4. The maximum Gasteiger partial charge on any atom is 0.313 e. The quantitative estimate of drug-likeness (QED) is 0.273. The van der Waals surface area contributed by atoms with Crippen LogP contribution in [-0.2, 0) is 20.9 Å². The van der Waals surface area contributed by atoms with Gasteiger partial charge in [-0.2, -0.15) is 5.26 Å². The molecule has 33 heavy (non-hydrogen) atoms. The van der Waals surface area contributed by atoms with Crippen molar-refractivity contribution in [1.29, 1.82) is 5.26 Å². The minimum absolute atomic E-state index is 0.0771. The summed E-state index contributed by atoms with van der Waals surface area (Å²) in [5.41, 5.74) is 0.626. The number of halogens is 2. The van der Waals surface area contributed by atoms with Crippen LogP contribution in [0.2, 0.25) is 10.0 Å². The molecule has 0 unspecified atom stereocenters. The van der Waals surface area contributed by atoms with Gasteiger partial charge in [-0.15, -0.1) is 0 Å². The number of benzene rings is 2. The SMILES string of the molecule is N#C/C(=C/c1ccc(CNC(=O)C(=O)Nc2cccc(Cl)c2)o1)C(=O)Nc1cccc(Cl)c1. The minimum atomic E-state index is -0.873. The summed E-state index contributed by atoms with van der Waals surface area (Å²) < 4.78 is 5.51. The van der Waals surface area contributed by atoms with Crippen LogP contribution >= 0.6 is 23.2 Å². The molecule has 0 bridgehead atoms. The van der Waals surface area contributed by atoms with E-state index in [1.807, 2.05) is 6.07 Å². The molecule has 0 aliphatic heterocycles. The highest BCUT2D eigenvalue weighted by molar-refractivity contribution is 6.39. The standard InChI is InChI=1S/C23H16Cl2N4O4/c24-15-3-1-5-17(10-15)28-21(30)14(12-26)9-19-7-8-20(33-19)13-27-22(31)23(32)29-18-6-2-4-16(25)11-18/h1-11H,13H2,(H,27,31)(H,28,30)(H,29,32)/b14-9-. The van der Waals surface area contributed by atoms with Crippen molar-refractivity contribution < 1.29 is 18.8 Å². The van der Waals surface area contributed by atoms with Crippen LogP contribution in [0.5, 0.6) is 0 Å². The van der Waals surface area contributed by atoms with Crippen molar-refractivity contribution in [1.82, 2.24) is 5.32 Å². The number of carbonyl (C=O) groups excluding carboxylic acids is 3. The van der Waals surface area contributed by atoms with Crippen LogP contribution in [0.15, 0.2) is 70.7 Å². The Kier molecular flexibility index (Phi) is 7.86. The molecular weight excluding hydrogens is 467 g/mol. The van der Waals surface area contributed by atoms with E-state index in [1.54, 1.807) is 48.5 Å². The first kappa shape index (κ1) is 23.6. The molecule has 3 N–H and O–H groups in total. The van der Waals surface area contributed by atoms with E-state index in [9.17, 15) is 19.6 Å². The first-order chi connectivity index (χ1) is 15.8. The maximum atomic E-state index is 12.3. The Bertz CT molecular complexity index is 1280. The third-order valence-electron chi connectivity index (χ3n) is 4.13. The summed E-state index contributed by atoms with van der Waals surface area (Å²) in [6, 6.07) is 17.8. The van der Waals surface area contributed by atoms with Gasteiger partial charge in [-0.05, 0) is 48.5 Å². The molecule has 2 aromatic carbocycles. The van der Waals surface area contributed by atoms with E-state index in [4.69, 9.17) is 27.6 Å². The van der Waals surface area contributed by atoms with Crippen LogP contribution in [-0.4, -0.2) is 17.7 Å². The van der Waals surface area contributed by atoms with Crippen molar-refractivity contribution in [2.75, 3.05) is 10.6 Å². The molecule has 1 heterocycles. The van der Waals surface area contributed by atoms with Gasteiger partial charge in [-0.3, -0.25) is 14.4 Å². The topological polar surface area (TPSA) is 124 Å². The summed E-state index contributed by atoms with van der Waals surface area (Å²) in [5.74, 6) is -1.84. The number of anilines is 2. The molecule has 3 amide bonds. The van der Waals surface area contributed by atoms with Crippen molar-refractivity contribution in [3.05, 3.63) is 87.8 Å². The van der Waals surface area contributed by atoms with E-state index >= 15 is 0 Å². The van der Waals surface area contributed by atoms with Gasteiger partial charge < -0.3 is 20.4 Å². The number of hydrogen-bond donors (Lipinski definition) is 3. The Labute approximate surface area is 198 Å². The molecule has 10 heteroatoms. The molecular formula is C23H16Cl2N4O4. The Morgan fingerprint density at radius 1 is 0.879 bits per heavy atom. The zero-order valence-electron chi connectivity index (χ0n) is 16.9. The number of rotatable bonds is 6. The predicted molar refractivity (Wildman–Crippen MR) is 124 cm³/mol. The highest BCUT2D eigenvalue weighted by Crippen LogP contribution is 2.17. The molecule has 0 spiro atoms. The summed E-state index contributed by atoms with van der Waals surface area (Å²) in [7, 11) is 0. The first-order valence-electron chi connectivity index (χ1n) is 9.46. The Morgan fingerprint density at radius 2 is 1.48 bits per heavy atom. The fourth-order valence-electron chi connectivity index (χ4n) is 2.62. The van der Waals surface area contributed by atoms with Crippen LogP contribution in [0.25, 0.3) is 6.08 Å². The number of nitriles is 1. The van der Waals surface area contributed by atoms with Crippen LogP contribution in [0, 0.1) is 11.3 Å². The van der Waals surface area contributed by atoms with Crippen molar-refractivity contribution in [3.63, 3.8) is 0 Å². The third-order valence-corrected chi connectivity index (χ3v) is 4.60. The van der Waals surface area contributed by atoms with Crippen molar-refractivity contribution in [3.8, 4) is 6.07 Å². The number of nitrogens with one attached hydrogen (secondary N) is 3. The molecule has 1 aromatic heterocycles. The third kappa shape index (κ3) is 6.97. The lowest BCUT2D eigenvalue weighted by atomic mass is 10.2. The molecule has 0 radical (unpaired) electrons. The van der Waals surface area contributed by atoms with Gasteiger partial charge in [0.15, 0.2) is 0 Å². The number of amides is 3. The van der Waals surface area contributed by atoms with E-state index in [0.717, 1.165) is 0 Å². The largest absolute Gasteiger partial charge is 0.460 e. The van der Waals surface area contributed by atoms with Gasteiger partial charge in [0.05, 0.1) is 6.54 Å². The highest BCUT2D eigenvalue weighted by Gasteiger charge is 2.15. The number of furan rings is 1. The fraction of sp³-hybridized carbons (Fsp3) is 0.0435. The van der Waals surface area contributed by atoms with E-state index < -0.39 is 17.7 Å². The van der Waals surface area contributed by atoms with E-state index in [2.05, 4.69) is 16.0 Å². The molecule has 166 valence electrons. The van der Waals surface area contributed by atoms with Crippen molar-refractivity contribution in [2.24, 2.45) is 0 Å². The van der Waals surface area contributed by atoms with Gasteiger partial charge in [0.1, 0.15) is 23.2 Å². The van der Waals surface area contributed by atoms with E-state index in [0.29, 0.717) is 27.2 Å². The first-order valence-corrected chi connectivity index (χ1v) is 10.2. The van der Waals surface area contributed by atoms with Crippen molar-refractivity contribution >= 4 is 58.4 Å². The normalized spacial score (nSPS) is 10.8. The van der Waals surface area contributed by atoms with Crippen molar-refractivity contribution in [2.45, 2.75) is 6.54 Å². The molecule has 0 fully saturated rings. The second kappa shape index (κ2) is 11.0. The monoisotopic (exact) mass is 482 g/mol. The van der Waals surface area contributed by atoms with Gasteiger partial charge >= 0.3 is 11.8 Å². The number of hydrogen-bond acceptors (Lipinski definition) is 5. The Morgan fingerprint density at radius 3 is 2.06 bits per heavy atom. The number of nitrogens with zero attached hydrogens (tertiary/aromatic N) is 1. The summed E-state index contributed by atoms with van der Waals surface area (Å²) in [5, 5.41) is 17.6. The lowest BCUT2D eigenvalue weighted by Gasteiger charge is -2.06. The fourth-order valence-corrected chi connectivity index (χ4v) is 3.00. The van der Waals surface area contributed by atoms with Crippen LogP contribution in [0.3, 0.4) is 0 Å². The predicted octanol–water partition coefficient (Wildman–Crippen LogP) is 4.39. The average molecular weight is 483 g/mol. The second-order valence-electron chi connectivity index (χ2n) is 6.59. The molecule has 3 aromatic rings. The second-order valence-corrected chi connectivity index (χ2v) is 7.46. The van der Waals surface area contributed by atoms with Gasteiger partial charge in [0, 0.05) is 27.5 Å². The summed E-state index contributed by atoms with van der Waals surface area (Å²) >= 11 is 11.7. The lowest BCUT2D eigenvalue weighted by Crippen LogP contribution is -2.34. The highest BCUT2D eigenvalue weighted by atomic mass is 35.5. The van der Waals surface area contributed by atoms with E-state index in [-0.39, 0.29) is 17.9 Å². The zero-order chi connectivity index (χ0) is 23.8. The molecule has 0 atom stereocenters. The van der Waals surface area contributed by atoms with Gasteiger partial charge in [0.25, 0.3) is 5.91 Å². The summed E-state index contributed by atoms with van der Waals surface area (Å²) in [4.78, 5) is 36.3. The smallest absolute Gasteiger partial charge is 0.313 e. The number of carbonyl (C=O) groups is 3. The molecule has 8 nitrogen and oxygen atoms in total. The van der Waals surface area contributed by atoms with Gasteiger partial charge in [-0.25, -0.2) is 0 Å². The maximum absolute atomic E-state index is 12.3. The molecule has 0 aliphatic carbocycles. The summed E-state index contributed by atoms with van der Waals surface area (Å²) in [6.45, 7) is -0.0771. The van der Waals surface area contributed by atoms with Crippen LogP contribution in [0.4, 0.5) is 11.4 Å². The van der Waals surface area contributed by atoms with Crippen LogP contribution < -0.4 is 16.0 Å². The average Bonchev–Trinajstić information content (AvgIpc) is 3.23. The van der Waals surface area contributed by atoms with Gasteiger partial charge in [0.2, 0.25) is 0 Å². The lowest BCUT2D eigenvalue weighted by molar-refractivity contribution is -0.136. The molecule has 3 rings (SSSR count). The Balaban J connectivity index is 1.57. The van der Waals surface area contributed by atoms with Crippen LogP contribution in [0.1, 0.15) is 11.5 Å². The molecule has 0 saturated carbocycles. The summed E-state index contributed by atoms with van der Waals surface area (Å²) in [6.07, 6.45) is 1.26. The van der Waals surface area contributed by atoms with E-state index in [1.165, 1.54) is 18.2 Å². The molecule has 0 saturated heterocycles. The minimum Gasteiger partial charge on any atom is -0.460 e. The molecule has 0 aliphatic rings.